The van der Waals surface area contributed by atoms with E-state index in [2.05, 4.69) is 5.32 Å². The molecule has 0 spiro atoms. The highest BCUT2D eigenvalue weighted by atomic mass is 19.1. The van der Waals surface area contributed by atoms with Crippen LogP contribution in [0.25, 0.3) is 0 Å². The Morgan fingerprint density at radius 2 is 2.00 bits per heavy atom. The van der Waals surface area contributed by atoms with E-state index >= 15 is 0 Å². The summed E-state index contributed by atoms with van der Waals surface area (Å²) in [6, 6.07) is 6.51. The van der Waals surface area contributed by atoms with E-state index in [1.54, 1.807) is 39.0 Å². The second-order valence-corrected chi connectivity index (χ2v) is 4.77. The molecule has 0 unspecified atom stereocenters. The number of benzene rings is 1. The zero-order valence-electron chi connectivity index (χ0n) is 10.4. The molecule has 1 rings (SSSR count). The molecular weight excluding hydrogens is 221 g/mol. The molecule has 0 radical (unpaired) electrons. The van der Waals surface area contributed by atoms with E-state index in [0.717, 1.165) is 0 Å². The Labute approximate surface area is 101 Å². The van der Waals surface area contributed by atoms with Crippen LogP contribution < -0.4 is 5.32 Å². The predicted octanol–water partition coefficient (Wildman–Crippen LogP) is 2.89. The van der Waals surface area contributed by atoms with E-state index in [1.807, 2.05) is 0 Å². The minimum absolute atomic E-state index is 0.251. The number of rotatable bonds is 3. The SMILES string of the molecule is CC(C)(C)OC(=O)NCCc1ccccc1F. The Bertz CT molecular complexity index is 385. The van der Waals surface area contributed by atoms with E-state index in [9.17, 15) is 9.18 Å². The van der Waals surface area contributed by atoms with Gasteiger partial charge in [-0.15, -0.1) is 0 Å². The van der Waals surface area contributed by atoms with Gasteiger partial charge in [0.25, 0.3) is 0 Å². The lowest BCUT2D eigenvalue weighted by atomic mass is 10.1. The van der Waals surface area contributed by atoms with Gasteiger partial charge in [-0.2, -0.15) is 0 Å². The first-order chi connectivity index (χ1) is 7.88. The van der Waals surface area contributed by atoms with E-state index < -0.39 is 11.7 Å². The molecule has 94 valence electrons. The van der Waals surface area contributed by atoms with Gasteiger partial charge in [0, 0.05) is 6.54 Å². The topological polar surface area (TPSA) is 38.3 Å². The smallest absolute Gasteiger partial charge is 0.407 e. The molecule has 17 heavy (non-hydrogen) atoms. The highest BCUT2D eigenvalue weighted by molar-refractivity contribution is 5.67. The van der Waals surface area contributed by atoms with Gasteiger partial charge in [0.1, 0.15) is 11.4 Å². The van der Waals surface area contributed by atoms with Gasteiger partial charge in [0.2, 0.25) is 0 Å². The molecule has 0 aliphatic heterocycles. The summed E-state index contributed by atoms with van der Waals surface area (Å²) in [4.78, 5) is 11.3. The number of amides is 1. The second-order valence-electron chi connectivity index (χ2n) is 4.77. The maximum Gasteiger partial charge on any atom is 0.407 e. The lowest BCUT2D eigenvalue weighted by Gasteiger charge is -2.19. The monoisotopic (exact) mass is 239 g/mol. The summed E-state index contributed by atoms with van der Waals surface area (Å²) in [5, 5.41) is 2.59. The number of carbonyl (C=O) groups is 1. The molecule has 4 heteroatoms. The van der Waals surface area contributed by atoms with Crippen LogP contribution in [0, 0.1) is 5.82 Å². The number of ether oxygens (including phenoxy) is 1. The molecule has 1 aromatic rings. The molecule has 0 fully saturated rings. The summed E-state index contributed by atoms with van der Waals surface area (Å²) in [7, 11) is 0. The molecule has 0 atom stereocenters. The molecule has 0 saturated carbocycles. The maximum atomic E-state index is 13.2. The normalized spacial score (nSPS) is 11.1. The summed E-state index contributed by atoms with van der Waals surface area (Å²) in [6.45, 7) is 5.74. The number of alkyl carbamates (subject to hydrolysis) is 1. The fourth-order valence-corrected chi connectivity index (χ4v) is 1.31. The minimum Gasteiger partial charge on any atom is -0.444 e. The number of hydrogen-bond acceptors (Lipinski definition) is 2. The van der Waals surface area contributed by atoms with Crippen molar-refractivity contribution in [3.8, 4) is 0 Å². The lowest BCUT2D eigenvalue weighted by molar-refractivity contribution is 0.0528. The fraction of sp³-hybridized carbons (Fsp3) is 0.462. The van der Waals surface area contributed by atoms with E-state index in [0.29, 0.717) is 18.5 Å². The Balaban J connectivity index is 2.34. The Morgan fingerprint density at radius 1 is 1.35 bits per heavy atom. The number of carbonyl (C=O) groups excluding carboxylic acids is 1. The summed E-state index contributed by atoms with van der Waals surface area (Å²) >= 11 is 0. The van der Waals surface area contributed by atoms with Crippen LogP contribution in [0.15, 0.2) is 24.3 Å². The third kappa shape index (κ3) is 5.33. The predicted molar refractivity (Wildman–Crippen MR) is 64.3 cm³/mol. The first kappa shape index (κ1) is 13.5. The van der Waals surface area contributed by atoms with Crippen LogP contribution in [0.5, 0.6) is 0 Å². The van der Waals surface area contributed by atoms with Gasteiger partial charge in [0.05, 0.1) is 0 Å². The van der Waals surface area contributed by atoms with Crippen LogP contribution in [0.2, 0.25) is 0 Å². The van der Waals surface area contributed by atoms with Crippen molar-refractivity contribution in [3.05, 3.63) is 35.6 Å². The molecule has 1 amide bonds. The third-order valence-corrected chi connectivity index (χ3v) is 2.02. The van der Waals surface area contributed by atoms with E-state index in [1.165, 1.54) is 6.07 Å². The molecule has 0 aliphatic rings. The first-order valence-electron chi connectivity index (χ1n) is 5.59. The van der Waals surface area contributed by atoms with Crippen LogP contribution in [0.3, 0.4) is 0 Å². The minimum atomic E-state index is -0.512. The second kappa shape index (κ2) is 5.66. The molecule has 0 bridgehead atoms. The van der Waals surface area contributed by atoms with Crippen molar-refractivity contribution in [1.29, 1.82) is 0 Å². The number of hydrogen-bond donors (Lipinski definition) is 1. The van der Waals surface area contributed by atoms with Crippen molar-refractivity contribution in [3.63, 3.8) is 0 Å². The largest absolute Gasteiger partial charge is 0.444 e. The Hall–Kier alpha value is -1.58. The van der Waals surface area contributed by atoms with Gasteiger partial charge >= 0.3 is 6.09 Å². The fourth-order valence-electron chi connectivity index (χ4n) is 1.31. The molecule has 1 N–H and O–H groups in total. The summed E-state index contributed by atoms with van der Waals surface area (Å²) in [6.07, 6.45) is -0.0276. The highest BCUT2D eigenvalue weighted by Crippen LogP contribution is 2.08. The number of nitrogens with one attached hydrogen (secondary N) is 1. The standard InChI is InChI=1S/C13H18FNO2/c1-13(2,3)17-12(16)15-9-8-10-6-4-5-7-11(10)14/h4-7H,8-9H2,1-3H3,(H,15,16). The third-order valence-electron chi connectivity index (χ3n) is 2.02. The summed E-state index contributed by atoms with van der Waals surface area (Å²) in [5.41, 5.74) is 0.0748. The molecule has 0 aromatic heterocycles. The molecule has 3 nitrogen and oxygen atoms in total. The summed E-state index contributed by atoms with van der Waals surface area (Å²) in [5.74, 6) is -0.251. The molecule has 0 aliphatic carbocycles. The van der Waals surface area contributed by atoms with E-state index in [-0.39, 0.29) is 5.82 Å². The van der Waals surface area contributed by atoms with Crippen LogP contribution in [-0.4, -0.2) is 18.2 Å². The molecule has 1 aromatic carbocycles. The van der Waals surface area contributed by atoms with Gasteiger partial charge in [-0.3, -0.25) is 0 Å². The molecule has 0 heterocycles. The lowest BCUT2D eigenvalue weighted by Crippen LogP contribution is -2.33. The quantitative estimate of drug-likeness (QED) is 0.880. The van der Waals surface area contributed by atoms with Crippen LogP contribution in [0.4, 0.5) is 9.18 Å². The van der Waals surface area contributed by atoms with Crippen LogP contribution >= 0.6 is 0 Å². The molecular formula is C13H18FNO2. The van der Waals surface area contributed by atoms with Gasteiger partial charge in [0.15, 0.2) is 0 Å². The van der Waals surface area contributed by atoms with Crippen molar-refractivity contribution < 1.29 is 13.9 Å². The zero-order valence-corrected chi connectivity index (χ0v) is 10.4. The van der Waals surface area contributed by atoms with Crippen LogP contribution in [-0.2, 0) is 11.2 Å². The van der Waals surface area contributed by atoms with Crippen LogP contribution in [0.1, 0.15) is 26.3 Å². The van der Waals surface area contributed by atoms with Crippen molar-refractivity contribution in [2.45, 2.75) is 32.8 Å². The van der Waals surface area contributed by atoms with Gasteiger partial charge in [-0.25, -0.2) is 9.18 Å². The van der Waals surface area contributed by atoms with Crippen molar-refractivity contribution in [2.75, 3.05) is 6.54 Å². The average molecular weight is 239 g/mol. The molecule has 0 saturated heterocycles. The van der Waals surface area contributed by atoms with Gasteiger partial charge in [-0.05, 0) is 38.8 Å². The van der Waals surface area contributed by atoms with E-state index in [4.69, 9.17) is 4.74 Å². The first-order valence-corrected chi connectivity index (χ1v) is 5.59. The van der Waals surface area contributed by atoms with Gasteiger partial charge < -0.3 is 10.1 Å². The maximum absolute atomic E-state index is 13.2. The van der Waals surface area contributed by atoms with Gasteiger partial charge in [-0.1, -0.05) is 18.2 Å². The zero-order chi connectivity index (χ0) is 12.9. The average Bonchev–Trinajstić information content (AvgIpc) is 2.18. The Morgan fingerprint density at radius 3 is 2.59 bits per heavy atom. The Kier molecular flexibility index (Phi) is 4.49. The van der Waals surface area contributed by atoms with Crippen molar-refractivity contribution >= 4 is 6.09 Å². The van der Waals surface area contributed by atoms with Crippen molar-refractivity contribution in [2.24, 2.45) is 0 Å². The number of halogens is 1. The summed E-state index contributed by atoms with van der Waals surface area (Å²) < 4.78 is 18.3. The highest BCUT2D eigenvalue weighted by Gasteiger charge is 2.15. The van der Waals surface area contributed by atoms with Crippen molar-refractivity contribution in [1.82, 2.24) is 5.32 Å².